The van der Waals surface area contributed by atoms with Gasteiger partial charge in [-0.1, -0.05) is 51.3 Å². The van der Waals surface area contributed by atoms with Gasteiger partial charge in [-0.15, -0.1) is 0 Å². The number of nitrogens with one attached hydrogen (secondary N) is 2. The van der Waals surface area contributed by atoms with Crippen LogP contribution < -0.4 is 10.6 Å². The zero-order valence-corrected chi connectivity index (χ0v) is 13.4. The van der Waals surface area contributed by atoms with Crippen molar-refractivity contribution < 1.29 is 4.79 Å². The molecule has 6 heteroatoms. The van der Waals surface area contributed by atoms with Crippen LogP contribution in [-0.4, -0.2) is 12.5 Å². The number of halogens is 3. The molecule has 0 aliphatic carbocycles. The van der Waals surface area contributed by atoms with Crippen molar-refractivity contribution >= 4 is 56.4 Å². The number of benzene rings is 2. The quantitative estimate of drug-likeness (QED) is 0.807. The van der Waals surface area contributed by atoms with Crippen LogP contribution in [-0.2, 0) is 4.79 Å². The lowest BCUT2D eigenvalue weighted by atomic mass is 10.3. The first-order valence-corrected chi connectivity index (χ1v) is 7.34. The first kappa shape index (κ1) is 15.2. The Morgan fingerprint density at radius 3 is 2.50 bits per heavy atom. The lowest BCUT2D eigenvalue weighted by molar-refractivity contribution is -0.114. The SMILES string of the molecule is O=C(CNc1cc(Br)ccc1Cl)Nc1ccccc1Cl. The van der Waals surface area contributed by atoms with E-state index < -0.39 is 0 Å². The van der Waals surface area contributed by atoms with Crippen molar-refractivity contribution in [1.82, 2.24) is 0 Å². The number of rotatable bonds is 4. The van der Waals surface area contributed by atoms with E-state index in [4.69, 9.17) is 23.2 Å². The molecule has 0 atom stereocenters. The third-order valence-electron chi connectivity index (χ3n) is 2.52. The fraction of sp³-hybridized carbons (Fsp3) is 0.0714. The molecule has 0 bridgehead atoms. The first-order chi connectivity index (χ1) is 9.56. The lowest BCUT2D eigenvalue weighted by Crippen LogP contribution is -2.22. The average Bonchev–Trinajstić information content (AvgIpc) is 2.42. The number of hydrogen-bond acceptors (Lipinski definition) is 2. The number of carbonyl (C=O) groups excluding carboxylic acids is 1. The standard InChI is InChI=1S/C14H11BrCl2N2O/c15-9-5-6-11(17)13(7-9)18-8-14(20)19-12-4-2-1-3-10(12)16/h1-7,18H,8H2,(H,19,20). The maximum Gasteiger partial charge on any atom is 0.243 e. The highest BCUT2D eigenvalue weighted by Crippen LogP contribution is 2.25. The number of para-hydroxylation sites is 1. The van der Waals surface area contributed by atoms with E-state index in [2.05, 4.69) is 26.6 Å². The molecule has 0 aliphatic rings. The molecule has 0 heterocycles. The van der Waals surface area contributed by atoms with E-state index >= 15 is 0 Å². The molecule has 0 aromatic heterocycles. The second-order valence-corrected chi connectivity index (χ2v) is 5.74. The van der Waals surface area contributed by atoms with Gasteiger partial charge in [-0.25, -0.2) is 0 Å². The summed E-state index contributed by atoms with van der Waals surface area (Å²) in [6.07, 6.45) is 0. The monoisotopic (exact) mass is 372 g/mol. The Morgan fingerprint density at radius 1 is 1.05 bits per heavy atom. The Hall–Kier alpha value is -1.23. The molecule has 2 N–H and O–H groups in total. The predicted molar refractivity (Wildman–Crippen MR) is 87.7 cm³/mol. The van der Waals surface area contributed by atoms with E-state index in [1.54, 1.807) is 30.3 Å². The number of hydrogen-bond donors (Lipinski definition) is 2. The molecule has 0 radical (unpaired) electrons. The summed E-state index contributed by atoms with van der Waals surface area (Å²) in [6, 6.07) is 12.5. The Balaban J connectivity index is 1.96. The van der Waals surface area contributed by atoms with Crippen molar-refractivity contribution in [3.8, 4) is 0 Å². The maximum absolute atomic E-state index is 11.8. The van der Waals surface area contributed by atoms with E-state index in [0.29, 0.717) is 21.4 Å². The van der Waals surface area contributed by atoms with Crippen LogP contribution in [0.4, 0.5) is 11.4 Å². The van der Waals surface area contributed by atoms with Crippen LogP contribution in [0.5, 0.6) is 0 Å². The maximum atomic E-state index is 11.8. The molecule has 104 valence electrons. The summed E-state index contributed by atoms with van der Waals surface area (Å²) in [5.74, 6) is -0.200. The largest absolute Gasteiger partial charge is 0.375 e. The van der Waals surface area contributed by atoms with Gasteiger partial charge in [0.05, 0.1) is 28.0 Å². The van der Waals surface area contributed by atoms with Gasteiger partial charge in [0.2, 0.25) is 5.91 Å². The van der Waals surface area contributed by atoms with Gasteiger partial charge in [0.1, 0.15) is 0 Å². The van der Waals surface area contributed by atoms with Gasteiger partial charge >= 0.3 is 0 Å². The zero-order chi connectivity index (χ0) is 14.5. The molecule has 20 heavy (non-hydrogen) atoms. The smallest absolute Gasteiger partial charge is 0.243 e. The van der Waals surface area contributed by atoms with E-state index in [1.165, 1.54) is 0 Å². The molecule has 1 amide bonds. The number of carbonyl (C=O) groups is 1. The van der Waals surface area contributed by atoms with E-state index in [-0.39, 0.29) is 12.5 Å². The van der Waals surface area contributed by atoms with Crippen LogP contribution in [0.2, 0.25) is 10.0 Å². The van der Waals surface area contributed by atoms with Crippen LogP contribution in [0.3, 0.4) is 0 Å². The molecule has 2 rings (SSSR count). The van der Waals surface area contributed by atoms with Crippen LogP contribution >= 0.6 is 39.1 Å². The van der Waals surface area contributed by atoms with Gasteiger partial charge in [0, 0.05) is 4.47 Å². The van der Waals surface area contributed by atoms with Crippen molar-refractivity contribution in [2.75, 3.05) is 17.2 Å². The number of anilines is 2. The van der Waals surface area contributed by atoms with E-state index in [1.807, 2.05) is 12.1 Å². The second-order valence-electron chi connectivity index (χ2n) is 4.01. The highest BCUT2D eigenvalue weighted by Gasteiger charge is 2.06. The highest BCUT2D eigenvalue weighted by atomic mass is 79.9. The molecule has 0 aliphatic heterocycles. The van der Waals surface area contributed by atoms with Crippen LogP contribution in [0, 0.1) is 0 Å². The fourth-order valence-electron chi connectivity index (χ4n) is 1.57. The molecule has 2 aromatic carbocycles. The Labute approximate surface area is 135 Å². The van der Waals surface area contributed by atoms with Crippen molar-refractivity contribution in [2.24, 2.45) is 0 Å². The first-order valence-electron chi connectivity index (χ1n) is 5.79. The molecule has 0 saturated heterocycles. The van der Waals surface area contributed by atoms with Gasteiger partial charge in [-0.05, 0) is 30.3 Å². The molecular formula is C14H11BrCl2N2O. The fourth-order valence-corrected chi connectivity index (χ4v) is 2.29. The normalized spacial score (nSPS) is 10.2. The molecule has 2 aromatic rings. The van der Waals surface area contributed by atoms with Gasteiger partial charge in [-0.3, -0.25) is 4.79 Å². The summed E-state index contributed by atoms with van der Waals surface area (Å²) in [6.45, 7) is 0.0986. The van der Waals surface area contributed by atoms with Gasteiger partial charge in [-0.2, -0.15) is 0 Å². The van der Waals surface area contributed by atoms with Crippen molar-refractivity contribution in [3.63, 3.8) is 0 Å². The van der Waals surface area contributed by atoms with Gasteiger partial charge in [0.15, 0.2) is 0 Å². The molecular weight excluding hydrogens is 363 g/mol. The van der Waals surface area contributed by atoms with Crippen molar-refractivity contribution in [1.29, 1.82) is 0 Å². The summed E-state index contributed by atoms with van der Waals surface area (Å²) in [7, 11) is 0. The minimum Gasteiger partial charge on any atom is -0.375 e. The average molecular weight is 374 g/mol. The molecule has 3 nitrogen and oxygen atoms in total. The number of amides is 1. The summed E-state index contributed by atoms with van der Waals surface area (Å²) >= 11 is 15.3. The summed E-state index contributed by atoms with van der Waals surface area (Å²) in [5.41, 5.74) is 1.27. The minimum atomic E-state index is -0.200. The van der Waals surface area contributed by atoms with Crippen molar-refractivity contribution in [2.45, 2.75) is 0 Å². The molecule has 0 spiro atoms. The minimum absolute atomic E-state index is 0.0986. The molecule has 0 fully saturated rings. The molecule has 0 saturated carbocycles. The van der Waals surface area contributed by atoms with E-state index in [0.717, 1.165) is 4.47 Å². The summed E-state index contributed by atoms with van der Waals surface area (Å²) in [4.78, 5) is 11.8. The summed E-state index contributed by atoms with van der Waals surface area (Å²) < 4.78 is 0.885. The van der Waals surface area contributed by atoms with Gasteiger partial charge < -0.3 is 10.6 Å². The third kappa shape index (κ3) is 4.13. The highest BCUT2D eigenvalue weighted by molar-refractivity contribution is 9.10. The van der Waals surface area contributed by atoms with E-state index in [9.17, 15) is 4.79 Å². The Kier molecular flexibility index (Phi) is 5.29. The van der Waals surface area contributed by atoms with Crippen LogP contribution in [0.25, 0.3) is 0 Å². The second kappa shape index (κ2) is 6.97. The van der Waals surface area contributed by atoms with Crippen LogP contribution in [0.1, 0.15) is 0 Å². The van der Waals surface area contributed by atoms with Crippen LogP contribution in [0.15, 0.2) is 46.9 Å². The lowest BCUT2D eigenvalue weighted by Gasteiger charge is -2.10. The summed E-state index contributed by atoms with van der Waals surface area (Å²) in [5, 5.41) is 6.76. The Bertz CT molecular complexity index is 634. The molecule has 0 unspecified atom stereocenters. The third-order valence-corrected chi connectivity index (χ3v) is 3.67. The zero-order valence-electron chi connectivity index (χ0n) is 10.3. The Morgan fingerprint density at radius 2 is 1.75 bits per heavy atom. The van der Waals surface area contributed by atoms with Crippen molar-refractivity contribution in [3.05, 3.63) is 57.0 Å². The topological polar surface area (TPSA) is 41.1 Å². The predicted octanol–water partition coefficient (Wildman–Crippen LogP) is 4.81. The van der Waals surface area contributed by atoms with Gasteiger partial charge in [0.25, 0.3) is 0 Å².